The van der Waals surface area contributed by atoms with E-state index in [0.717, 1.165) is 17.7 Å². The molecule has 0 aromatic heterocycles. The maximum Gasteiger partial charge on any atom is 0.123 e. The van der Waals surface area contributed by atoms with E-state index in [2.05, 4.69) is 0 Å². The van der Waals surface area contributed by atoms with E-state index in [-0.39, 0.29) is 5.82 Å². The standard InChI is InChI=1S/C14H14FNO/c15-12-5-7-13(8-6-12)17-10-9-11-3-1-2-4-14(11)16/h1-8H,9-10,16H2. The van der Waals surface area contributed by atoms with E-state index in [1.165, 1.54) is 12.1 Å². The molecule has 2 aromatic carbocycles. The number of halogens is 1. The van der Waals surface area contributed by atoms with Crippen molar-refractivity contribution in [1.29, 1.82) is 0 Å². The van der Waals surface area contributed by atoms with Crippen molar-refractivity contribution < 1.29 is 9.13 Å². The van der Waals surface area contributed by atoms with Gasteiger partial charge in [0.05, 0.1) is 6.61 Å². The predicted octanol–water partition coefficient (Wildman–Crippen LogP) is 3.03. The first-order valence-corrected chi connectivity index (χ1v) is 5.47. The van der Waals surface area contributed by atoms with Crippen molar-refractivity contribution >= 4 is 5.69 Å². The summed E-state index contributed by atoms with van der Waals surface area (Å²) in [5.74, 6) is 0.408. The van der Waals surface area contributed by atoms with Crippen LogP contribution in [0.5, 0.6) is 5.75 Å². The molecule has 0 aliphatic heterocycles. The van der Waals surface area contributed by atoms with Crippen molar-refractivity contribution in [2.75, 3.05) is 12.3 Å². The number of hydrogen-bond donors (Lipinski definition) is 1. The predicted molar refractivity (Wildman–Crippen MR) is 66.5 cm³/mol. The molecule has 2 N–H and O–H groups in total. The largest absolute Gasteiger partial charge is 0.493 e. The minimum Gasteiger partial charge on any atom is -0.493 e. The molecule has 3 heteroatoms. The third-order valence-corrected chi connectivity index (χ3v) is 2.51. The van der Waals surface area contributed by atoms with E-state index in [9.17, 15) is 4.39 Å². The molecule has 0 amide bonds. The number of para-hydroxylation sites is 1. The van der Waals surface area contributed by atoms with Crippen molar-refractivity contribution in [3.05, 3.63) is 59.9 Å². The summed E-state index contributed by atoms with van der Waals surface area (Å²) in [6.45, 7) is 0.528. The van der Waals surface area contributed by atoms with Crippen LogP contribution in [0.25, 0.3) is 0 Å². The Morgan fingerprint density at radius 2 is 1.71 bits per heavy atom. The van der Waals surface area contributed by atoms with Gasteiger partial charge in [0.15, 0.2) is 0 Å². The fraction of sp³-hybridized carbons (Fsp3) is 0.143. The SMILES string of the molecule is Nc1ccccc1CCOc1ccc(F)cc1. The molecule has 0 saturated carbocycles. The normalized spacial score (nSPS) is 10.2. The van der Waals surface area contributed by atoms with Gasteiger partial charge in [-0.05, 0) is 35.9 Å². The van der Waals surface area contributed by atoms with Crippen LogP contribution in [-0.4, -0.2) is 6.61 Å². The molecule has 0 radical (unpaired) electrons. The highest BCUT2D eigenvalue weighted by atomic mass is 19.1. The summed E-state index contributed by atoms with van der Waals surface area (Å²) in [6.07, 6.45) is 0.740. The zero-order valence-electron chi connectivity index (χ0n) is 9.40. The van der Waals surface area contributed by atoms with Crippen LogP contribution in [0.2, 0.25) is 0 Å². The number of benzene rings is 2. The van der Waals surface area contributed by atoms with Gasteiger partial charge in [-0.1, -0.05) is 18.2 Å². The lowest BCUT2D eigenvalue weighted by molar-refractivity contribution is 0.321. The van der Waals surface area contributed by atoms with Gasteiger partial charge in [-0.2, -0.15) is 0 Å². The number of rotatable bonds is 4. The topological polar surface area (TPSA) is 35.2 Å². The molecule has 0 fully saturated rings. The summed E-state index contributed by atoms with van der Waals surface area (Å²) in [4.78, 5) is 0. The van der Waals surface area contributed by atoms with Crippen molar-refractivity contribution in [3.63, 3.8) is 0 Å². The number of ether oxygens (including phenoxy) is 1. The summed E-state index contributed by atoms with van der Waals surface area (Å²) in [7, 11) is 0. The summed E-state index contributed by atoms with van der Waals surface area (Å²) < 4.78 is 18.2. The number of nitrogens with two attached hydrogens (primary N) is 1. The van der Waals surface area contributed by atoms with Crippen LogP contribution in [-0.2, 0) is 6.42 Å². The molecular weight excluding hydrogens is 217 g/mol. The molecule has 2 aromatic rings. The third-order valence-electron chi connectivity index (χ3n) is 2.51. The first-order chi connectivity index (χ1) is 8.25. The quantitative estimate of drug-likeness (QED) is 0.821. The van der Waals surface area contributed by atoms with Gasteiger partial charge in [0.1, 0.15) is 11.6 Å². The number of nitrogen functional groups attached to an aromatic ring is 1. The van der Waals surface area contributed by atoms with Gasteiger partial charge < -0.3 is 10.5 Å². The van der Waals surface area contributed by atoms with Crippen molar-refractivity contribution in [1.82, 2.24) is 0 Å². The Hall–Kier alpha value is -2.03. The van der Waals surface area contributed by atoms with E-state index in [1.54, 1.807) is 12.1 Å². The molecule has 0 atom stereocenters. The van der Waals surface area contributed by atoms with Crippen molar-refractivity contribution in [2.45, 2.75) is 6.42 Å². The van der Waals surface area contributed by atoms with Gasteiger partial charge in [0.25, 0.3) is 0 Å². The van der Waals surface area contributed by atoms with Crippen LogP contribution < -0.4 is 10.5 Å². The molecule has 0 bridgehead atoms. The summed E-state index contributed by atoms with van der Waals surface area (Å²) in [6, 6.07) is 13.7. The zero-order valence-corrected chi connectivity index (χ0v) is 9.40. The Morgan fingerprint density at radius 3 is 2.41 bits per heavy atom. The fourth-order valence-electron chi connectivity index (χ4n) is 1.57. The molecule has 0 spiro atoms. The van der Waals surface area contributed by atoms with Gasteiger partial charge in [0, 0.05) is 12.1 Å². The number of anilines is 1. The summed E-state index contributed by atoms with van der Waals surface area (Å²) in [5.41, 5.74) is 7.65. The second-order valence-corrected chi connectivity index (χ2v) is 3.75. The Bertz CT molecular complexity index is 482. The lowest BCUT2D eigenvalue weighted by atomic mass is 10.1. The van der Waals surface area contributed by atoms with Gasteiger partial charge in [0.2, 0.25) is 0 Å². The smallest absolute Gasteiger partial charge is 0.123 e. The van der Waals surface area contributed by atoms with E-state index < -0.39 is 0 Å². The van der Waals surface area contributed by atoms with Crippen LogP contribution >= 0.6 is 0 Å². The summed E-state index contributed by atoms with van der Waals surface area (Å²) >= 11 is 0. The Balaban J connectivity index is 1.88. The van der Waals surface area contributed by atoms with Gasteiger partial charge >= 0.3 is 0 Å². The molecule has 0 aliphatic carbocycles. The highest BCUT2D eigenvalue weighted by Gasteiger charge is 1.99. The molecule has 0 saturated heterocycles. The monoisotopic (exact) mass is 231 g/mol. The van der Waals surface area contributed by atoms with E-state index in [1.807, 2.05) is 24.3 Å². The lowest BCUT2D eigenvalue weighted by Crippen LogP contribution is -2.03. The van der Waals surface area contributed by atoms with Crippen molar-refractivity contribution in [3.8, 4) is 5.75 Å². The van der Waals surface area contributed by atoms with Crippen LogP contribution in [0.15, 0.2) is 48.5 Å². The molecule has 2 rings (SSSR count). The maximum absolute atomic E-state index is 12.7. The minimum atomic E-state index is -0.260. The first-order valence-electron chi connectivity index (χ1n) is 5.47. The Labute approximate surface area is 99.8 Å². The second kappa shape index (κ2) is 5.34. The highest BCUT2D eigenvalue weighted by Crippen LogP contribution is 2.14. The Morgan fingerprint density at radius 1 is 1.00 bits per heavy atom. The average Bonchev–Trinajstić information content (AvgIpc) is 2.34. The fourth-order valence-corrected chi connectivity index (χ4v) is 1.57. The zero-order chi connectivity index (χ0) is 12.1. The lowest BCUT2D eigenvalue weighted by Gasteiger charge is -2.07. The molecule has 0 unspecified atom stereocenters. The van der Waals surface area contributed by atoms with Gasteiger partial charge in [-0.15, -0.1) is 0 Å². The molecular formula is C14H14FNO. The van der Waals surface area contributed by atoms with E-state index in [0.29, 0.717) is 12.4 Å². The molecule has 88 valence electrons. The van der Waals surface area contributed by atoms with Crippen LogP contribution in [0.4, 0.5) is 10.1 Å². The van der Waals surface area contributed by atoms with Gasteiger partial charge in [-0.3, -0.25) is 0 Å². The second-order valence-electron chi connectivity index (χ2n) is 3.75. The maximum atomic E-state index is 12.7. The molecule has 2 nitrogen and oxygen atoms in total. The molecule has 0 aliphatic rings. The van der Waals surface area contributed by atoms with E-state index in [4.69, 9.17) is 10.5 Å². The number of hydrogen-bond acceptors (Lipinski definition) is 2. The first kappa shape index (κ1) is 11.5. The molecule has 17 heavy (non-hydrogen) atoms. The summed E-state index contributed by atoms with van der Waals surface area (Å²) in [5, 5.41) is 0. The van der Waals surface area contributed by atoms with Crippen LogP contribution in [0, 0.1) is 5.82 Å². The van der Waals surface area contributed by atoms with E-state index >= 15 is 0 Å². The third kappa shape index (κ3) is 3.21. The Kier molecular flexibility index (Phi) is 3.60. The highest BCUT2D eigenvalue weighted by molar-refractivity contribution is 5.46. The average molecular weight is 231 g/mol. The van der Waals surface area contributed by atoms with Crippen LogP contribution in [0.1, 0.15) is 5.56 Å². The van der Waals surface area contributed by atoms with Crippen LogP contribution in [0.3, 0.4) is 0 Å². The van der Waals surface area contributed by atoms with Crippen molar-refractivity contribution in [2.24, 2.45) is 0 Å². The van der Waals surface area contributed by atoms with Gasteiger partial charge in [-0.25, -0.2) is 4.39 Å². The minimum absolute atomic E-state index is 0.260. The molecule has 0 heterocycles.